The van der Waals surface area contributed by atoms with Gasteiger partial charge in [-0.1, -0.05) is 12.5 Å². The number of pyridine rings is 1. The van der Waals surface area contributed by atoms with E-state index in [2.05, 4.69) is 23.8 Å². The number of ether oxygens (including phenoxy) is 1. The lowest BCUT2D eigenvalue weighted by atomic mass is 10.2. The van der Waals surface area contributed by atoms with Gasteiger partial charge in [-0.2, -0.15) is 0 Å². The molecule has 0 aliphatic rings. The van der Waals surface area contributed by atoms with Gasteiger partial charge in [0.1, 0.15) is 5.82 Å². The Balaban J connectivity index is 2.60. The summed E-state index contributed by atoms with van der Waals surface area (Å²) in [5.41, 5.74) is 1.81. The number of halogens is 1. The highest BCUT2D eigenvalue weighted by atomic mass is 19.1. The van der Waals surface area contributed by atoms with Crippen LogP contribution in [0.4, 0.5) is 4.39 Å². The van der Waals surface area contributed by atoms with Crippen molar-refractivity contribution < 1.29 is 9.13 Å². The molecule has 100 valence electrons. The summed E-state index contributed by atoms with van der Waals surface area (Å²) in [6.45, 7) is 9.83. The van der Waals surface area contributed by atoms with E-state index < -0.39 is 0 Å². The number of hydrogen-bond donors (Lipinski definition) is 1. The zero-order chi connectivity index (χ0) is 13.4. The van der Waals surface area contributed by atoms with Crippen LogP contribution in [-0.4, -0.2) is 18.1 Å². The molecule has 0 amide bonds. The van der Waals surface area contributed by atoms with E-state index in [1.54, 1.807) is 0 Å². The van der Waals surface area contributed by atoms with Crippen molar-refractivity contribution in [2.45, 2.75) is 33.2 Å². The van der Waals surface area contributed by atoms with Crippen LogP contribution in [0.5, 0.6) is 5.88 Å². The molecular formula is C14H21FN2O. The van der Waals surface area contributed by atoms with Gasteiger partial charge in [-0.15, -0.1) is 6.58 Å². The third kappa shape index (κ3) is 5.27. The fourth-order valence-electron chi connectivity index (χ4n) is 1.45. The van der Waals surface area contributed by atoms with Gasteiger partial charge in [-0.25, -0.2) is 9.37 Å². The molecule has 0 saturated heterocycles. The Bertz CT molecular complexity index is 393. The van der Waals surface area contributed by atoms with Crippen LogP contribution < -0.4 is 10.1 Å². The number of rotatable bonds is 8. The molecule has 0 bridgehead atoms. The molecule has 1 rings (SSSR count). The highest BCUT2D eigenvalue weighted by Crippen LogP contribution is 2.16. The van der Waals surface area contributed by atoms with Crippen molar-refractivity contribution in [3.63, 3.8) is 0 Å². The average molecular weight is 252 g/mol. The largest absolute Gasteiger partial charge is 0.477 e. The molecule has 0 unspecified atom stereocenters. The molecular weight excluding hydrogens is 231 g/mol. The molecule has 3 nitrogen and oxygen atoms in total. The zero-order valence-corrected chi connectivity index (χ0v) is 11.1. The van der Waals surface area contributed by atoms with E-state index in [0.29, 0.717) is 19.0 Å². The van der Waals surface area contributed by atoms with Gasteiger partial charge in [0.05, 0.1) is 12.8 Å². The lowest BCUT2D eigenvalue weighted by molar-refractivity contribution is 0.304. The van der Waals surface area contributed by atoms with Crippen LogP contribution in [0.3, 0.4) is 0 Å². The summed E-state index contributed by atoms with van der Waals surface area (Å²) in [5.74, 6) is 0.164. The highest BCUT2D eigenvalue weighted by Gasteiger charge is 2.07. The van der Waals surface area contributed by atoms with Crippen LogP contribution >= 0.6 is 0 Å². The molecule has 18 heavy (non-hydrogen) atoms. The Hall–Kier alpha value is -1.42. The quantitative estimate of drug-likeness (QED) is 0.570. The van der Waals surface area contributed by atoms with Gasteiger partial charge >= 0.3 is 0 Å². The third-order valence-electron chi connectivity index (χ3n) is 2.40. The predicted octanol–water partition coefficient (Wildman–Crippen LogP) is 3.07. The van der Waals surface area contributed by atoms with E-state index >= 15 is 0 Å². The molecule has 4 heteroatoms. The standard InChI is InChI=1S/C14H21FN2O/c1-4-6-16-9-12-8-13(15)10-17-14(12)18-7-5-11(2)3/h8,10,16H,2,4-7,9H2,1,3H3. The van der Waals surface area contributed by atoms with Crippen LogP contribution in [-0.2, 0) is 6.54 Å². The number of hydrogen-bond acceptors (Lipinski definition) is 3. The molecule has 0 fully saturated rings. The normalized spacial score (nSPS) is 10.4. The van der Waals surface area contributed by atoms with Crippen molar-refractivity contribution in [3.05, 3.63) is 35.8 Å². The van der Waals surface area contributed by atoms with Crippen molar-refractivity contribution in [2.24, 2.45) is 0 Å². The Morgan fingerprint density at radius 2 is 2.33 bits per heavy atom. The van der Waals surface area contributed by atoms with E-state index in [9.17, 15) is 4.39 Å². The number of nitrogens with one attached hydrogen (secondary N) is 1. The Morgan fingerprint density at radius 3 is 3.00 bits per heavy atom. The van der Waals surface area contributed by atoms with Crippen LogP contribution in [0.25, 0.3) is 0 Å². The minimum Gasteiger partial charge on any atom is -0.477 e. The maximum atomic E-state index is 13.1. The van der Waals surface area contributed by atoms with Crippen molar-refractivity contribution in [1.29, 1.82) is 0 Å². The summed E-state index contributed by atoms with van der Waals surface area (Å²) in [6, 6.07) is 1.46. The Labute approximate surface area is 108 Å². The first-order valence-electron chi connectivity index (χ1n) is 6.25. The second kappa shape index (κ2) is 7.82. The van der Waals surface area contributed by atoms with E-state index in [-0.39, 0.29) is 5.82 Å². The maximum Gasteiger partial charge on any atom is 0.218 e. The average Bonchev–Trinajstić information content (AvgIpc) is 2.32. The van der Waals surface area contributed by atoms with Gasteiger partial charge in [0.2, 0.25) is 5.88 Å². The first-order chi connectivity index (χ1) is 8.63. The summed E-state index contributed by atoms with van der Waals surface area (Å²) >= 11 is 0. The minimum absolute atomic E-state index is 0.337. The lowest BCUT2D eigenvalue weighted by Crippen LogP contribution is -2.15. The predicted molar refractivity (Wildman–Crippen MR) is 71.1 cm³/mol. The van der Waals surface area contributed by atoms with E-state index in [1.807, 2.05) is 6.92 Å². The molecule has 0 aliphatic heterocycles. The molecule has 0 aliphatic carbocycles. The van der Waals surface area contributed by atoms with Crippen LogP contribution in [0, 0.1) is 5.82 Å². The van der Waals surface area contributed by atoms with Crippen molar-refractivity contribution in [3.8, 4) is 5.88 Å². The topological polar surface area (TPSA) is 34.1 Å². The second-order valence-electron chi connectivity index (χ2n) is 4.35. The van der Waals surface area contributed by atoms with Gasteiger partial charge in [0, 0.05) is 18.5 Å². The fraction of sp³-hybridized carbons (Fsp3) is 0.500. The first-order valence-corrected chi connectivity index (χ1v) is 6.25. The highest BCUT2D eigenvalue weighted by molar-refractivity contribution is 5.26. The van der Waals surface area contributed by atoms with Crippen molar-refractivity contribution >= 4 is 0 Å². The van der Waals surface area contributed by atoms with Crippen molar-refractivity contribution in [2.75, 3.05) is 13.2 Å². The number of nitrogens with zero attached hydrogens (tertiary/aromatic N) is 1. The molecule has 1 aromatic heterocycles. The second-order valence-corrected chi connectivity index (χ2v) is 4.35. The van der Waals surface area contributed by atoms with E-state index in [1.165, 1.54) is 12.3 Å². The van der Waals surface area contributed by atoms with Gasteiger partial charge in [0.15, 0.2) is 0 Å². The Morgan fingerprint density at radius 1 is 1.56 bits per heavy atom. The summed E-state index contributed by atoms with van der Waals surface area (Å²) in [5, 5.41) is 3.21. The summed E-state index contributed by atoms with van der Waals surface area (Å²) in [4.78, 5) is 3.99. The van der Waals surface area contributed by atoms with E-state index in [0.717, 1.165) is 30.5 Å². The fourth-order valence-corrected chi connectivity index (χ4v) is 1.45. The lowest BCUT2D eigenvalue weighted by Gasteiger charge is -2.11. The molecule has 0 radical (unpaired) electrons. The molecule has 1 N–H and O–H groups in total. The van der Waals surface area contributed by atoms with Gasteiger partial charge in [0.25, 0.3) is 0 Å². The SMILES string of the molecule is C=C(C)CCOc1ncc(F)cc1CNCCC. The Kier molecular flexibility index (Phi) is 6.36. The van der Waals surface area contributed by atoms with Gasteiger partial charge in [-0.05, 0) is 26.0 Å². The molecule has 1 aromatic rings. The van der Waals surface area contributed by atoms with Crippen LogP contribution in [0.15, 0.2) is 24.4 Å². The minimum atomic E-state index is -0.337. The van der Waals surface area contributed by atoms with Crippen LogP contribution in [0.2, 0.25) is 0 Å². The summed E-state index contributed by atoms with van der Waals surface area (Å²) in [7, 11) is 0. The summed E-state index contributed by atoms with van der Waals surface area (Å²) < 4.78 is 18.7. The molecule has 0 atom stereocenters. The summed E-state index contributed by atoms with van der Waals surface area (Å²) in [6.07, 6.45) is 2.99. The molecule has 0 aromatic carbocycles. The van der Waals surface area contributed by atoms with Crippen LogP contribution in [0.1, 0.15) is 32.3 Å². The molecule has 0 spiro atoms. The van der Waals surface area contributed by atoms with Gasteiger partial charge in [-0.3, -0.25) is 0 Å². The first kappa shape index (κ1) is 14.6. The molecule has 0 saturated carbocycles. The smallest absolute Gasteiger partial charge is 0.218 e. The monoisotopic (exact) mass is 252 g/mol. The van der Waals surface area contributed by atoms with Crippen molar-refractivity contribution in [1.82, 2.24) is 10.3 Å². The zero-order valence-electron chi connectivity index (χ0n) is 11.1. The van der Waals surface area contributed by atoms with E-state index in [4.69, 9.17) is 4.74 Å². The molecule has 1 heterocycles. The number of aromatic nitrogens is 1. The maximum absolute atomic E-state index is 13.1. The van der Waals surface area contributed by atoms with Gasteiger partial charge < -0.3 is 10.1 Å². The third-order valence-corrected chi connectivity index (χ3v) is 2.40.